The number of methoxy groups -OCH3 is 1. The predicted molar refractivity (Wildman–Crippen MR) is 86.0 cm³/mol. The standard InChI is InChI=1S/C13H22N2O5S2/c1-20-13-7-5-4-6-12(13)8-10-15(22(3,18)19)11-9-14-21(2,16)17/h4-7,14H,8-11H2,1-3H3. The fourth-order valence-corrected chi connectivity index (χ4v) is 3.26. The Morgan fingerprint density at radius 3 is 2.27 bits per heavy atom. The largest absolute Gasteiger partial charge is 0.496 e. The lowest BCUT2D eigenvalue weighted by Gasteiger charge is -2.20. The van der Waals surface area contributed by atoms with Gasteiger partial charge in [-0.05, 0) is 18.1 Å². The van der Waals surface area contributed by atoms with E-state index in [1.54, 1.807) is 7.11 Å². The van der Waals surface area contributed by atoms with E-state index in [1.165, 1.54) is 4.31 Å². The molecule has 0 heterocycles. The molecule has 0 spiro atoms. The molecule has 1 aromatic rings. The topological polar surface area (TPSA) is 92.8 Å². The summed E-state index contributed by atoms with van der Waals surface area (Å²) < 4.78 is 54.4. The first-order chi connectivity index (χ1) is 10.1. The molecule has 7 nitrogen and oxygen atoms in total. The summed E-state index contributed by atoms with van der Waals surface area (Å²) in [5.41, 5.74) is 0.898. The van der Waals surface area contributed by atoms with E-state index in [-0.39, 0.29) is 19.6 Å². The highest BCUT2D eigenvalue weighted by molar-refractivity contribution is 7.88. The molecule has 0 aromatic heterocycles. The van der Waals surface area contributed by atoms with Crippen LogP contribution in [-0.4, -0.2) is 60.4 Å². The third-order valence-electron chi connectivity index (χ3n) is 3.02. The van der Waals surface area contributed by atoms with Gasteiger partial charge < -0.3 is 4.74 Å². The van der Waals surface area contributed by atoms with Crippen molar-refractivity contribution in [2.75, 3.05) is 39.3 Å². The number of hydrogen-bond acceptors (Lipinski definition) is 5. The number of hydrogen-bond donors (Lipinski definition) is 1. The molecule has 1 aromatic carbocycles. The Hall–Kier alpha value is -1.16. The number of para-hydroxylation sites is 1. The van der Waals surface area contributed by atoms with Crippen molar-refractivity contribution in [3.8, 4) is 5.75 Å². The van der Waals surface area contributed by atoms with Crippen LogP contribution in [0.25, 0.3) is 0 Å². The van der Waals surface area contributed by atoms with Crippen LogP contribution in [0.4, 0.5) is 0 Å². The summed E-state index contributed by atoms with van der Waals surface area (Å²) in [6.45, 7) is 0.379. The molecule has 0 atom stereocenters. The lowest BCUT2D eigenvalue weighted by atomic mass is 10.1. The fourth-order valence-electron chi connectivity index (χ4n) is 1.95. The van der Waals surface area contributed by atoms with Crippen molar-refractivity contribution in [1.29, 1.82) is 0 Å². The number of rotatable bonds is 9. The highest BCUT2D eigenvalue weighted by atomic mass is 32.2. The van der Waals surface area contributed by atoms with Gasteiger partial charge in [0.1, 0.15) is 5.75 Å². The Morgan fingerprint density at radius 1 is 1.09 bits per heavy atom. The smallest absolute Gasteiger partial charge is 0.211 e. The summed E-state index contributed by atoms with van der Waals surface area (Å²) in [5, 5.41) is 0. The van der Waals surface area contributed by atoms with E-state index in [4.69, 9.17) is 4.74 Å². The molecule has 0 bridgehead atoms. The van der Waals surface area contributed by atoms with Gasteiger partial charge in [-0.2, -0.15) is 0 Å². The van der Waals surface area contributed by atoms with Gasteiger partial charge in [-0.15, -0.1) is 0 Å². The molecular formula is C13H22N2O5S2. The molecule has 0 fully saturated rings. The van der Waals surface area contributed by atoms with Crippen molar-refractivity contribution in [3.05, 3.63) is 29.8 Å². The zero-order valence-electron chi connectivity index (χ0n) is 12.9. The quantitative estimate of drug-likeness (QED) is 0.679. The minimum absolute atomic E-state index is 0.0395. The maximum absolute atomic E-state index is 11.8. The van der Waals surface area contributed by atoms with Crippen LogP contribution >= 0.6 is 0 Å². The van der Waals surface area contributed by atoms with E-state index in [2.05, 4.69) is 4.72 Å². The van der Waals surface area contributed by atoms with Crippen molar-refractivity contribution in [2.24, 2.45) is 0 Å². The fraction of sp³-hybridized carbons (Fsp3) is 0.538. The third-order valence-corrected chi connectivity index (χ3v) is 5.05. The summed E-state index contributed by atoms with van der Waals surface area (Å²) in [7, 11) is -5.19. The average molecular weight is 350 g/mol. The lowest BCUT2D eigenvalue weighted by Crippen LogP contribution is -2.38. The number of ether oxygens (including phenoxy) is 1. The van der Waals surface area contributed by atoms with E-state index in [0.717, 1.165) is 18.1 Å². The molecule has 22 heavy (non-hydrogen) atoms. The highest BCUT2D eigenvalue weighted by Crippen LogP contribution is 2.18. The molecule has 0 aliphatic carbocycles. The molecule has 1 N–H and O–H groups in total. The first kappa shape index (κ1) is 18.9. The zero-order chi connectivity index (χ0) is 16.8. The summed E-state index contributed by atoms with van der Waals surface area (Å²) in [6, 6.07) is 7.37. The summed E-state index contributed by atoms with van der Waals surface area (Å²) in [6.07, 6.45) is 2.62. The number of sulfonamides is 2. The first-order valence-electron chi connectivity index (χ1n) is 6.65. The highest BCUT2D eigenvalue weighted by Gasteiger charge is 2.17. The molecule has 0 unspecified atom stereocenters. The van der Waals surface area contributed by atoms with Crippen molar-refractivity contribution >= 4 is 20.0 Å². The lowest BCUT2D eigenvalue weighted by molar-refractivity contribution is 0.397. The van der Waals surface area contributed by atoms with E-state index in [1.807, 2.05) is 24.3 Å². The van der Waals surface area contributed by atoms with Gasteiger partial charge in [0.15, 0.2) is 0 Å². The maximum atomic E-state index is 11.8. The predicted octanol–water partition coefficient (Wildman–Crippen LogP) is 0.0485. The second-order valence-corrected chi connectivity index (χ2v) is 8.71. The van der Waals surface area contributed by atoms with Crippen LogP contribution in [0.1, 0.15) is 5.56 Å². The van der Waals surface area contributed by atoms with Crippen molar-refractivity contribution in [3.63, 3.8) is 0 Å². The number of nitrogens with zero attached hydrogens (tertiary/aromatic N) is 1. The van der Waals surface area contributed by atoms with Crippen LogP contribution in [0, 0.1) is 0 Å². The minimum atomic E-state index is -3.41. The van der Waals surface area contributed by atoms with Gasteiger partial charge in [0.05, 0.1) is 19.6 Å². The Bertz CT molecular complexity index is 686. The molecule has 0 saturated carbocycles. The molecule has 9 heteroatoms. The second kappa shape index (κ2) is 7.91. The van der Waals surface area contributed by atoms with Crippen LogP contribution in [0.15, 0.2) is 24.3 Å². The summed E-state index contributed by atoms with van der Waals surface area (Å²) >= 11 is 0. The summed E-state index contributed by atoms with van der Waals surface area (Å²) in [4.78, 5) is 0. The van der Waals surface area contributed by atoms with Crippen LogP contribution in [0.3, 0.4) is 0 Å². The van der Waals surface area contributed by atoms with Crippen LogP contribution in [0.5, 0.6) is 5.75 Å². The van der Waals surface area contributed by atoms with E-state index in [0.29, 0.717) is 12.2 Å². The molecule has 0 saturated heterocycles. The SMILES string of the molecule is COc1ccccc1CCN(CCNS(C)(=O)=O)S(C)(=O)=O. The molecular weight excluding hydrogens is 328 g/mol. The van der Waals surface area contributed by atoms with Crippen LogP contribution in [-0.2, 0) is 26.5 Å². The Labute approximate surface area is 132 Å². The maximum Gasteiger partial charge on any atom is 0.211 e. The van der Waals surface area contributed by atoms with Gasteiger partial charge in [0.2, 0.25) is 20.0 Å². The van der Waals surface area contributed by atoms with E-state index < -0.39 is 20.0 Å². The van der Waals surface area contributed by atoms with Crippen molar-refractivity contribution in [2.45, 2.75) is 6.42 Å². The van der Waals surface area contributed by atoms with Gasteiger partial charge in [-0.3, -0.25) is 0 Å². The minimum Gasteiger partial charge on any atom is -0.496 e. The average Bonchev–Trinajstić information content (AvgIpc) is 2.40. The van der Waals surface area contributed by atoms with Gasteiger partial charge in [0, 0.05) is 19.6 Å². The molecule has 126 valence electrons. The zero-order valence-corrected chi connectivity index (χ0v) is 14.6. The molecule has 0 aliphatic heterocycles. The third kappa shape index (κ3) is 6.73. The molecule has 1 rings (SSSR count). The first-order valence-corrected chi connectivity index (χ1v) is 10.4. The van der Waals surface area contributed by atoms with Gasteiger partial charge in [0.25, 0.3) is 0 Å². The molecule has 0 amide bonds. The van der Waals surface area contributed by atoms with E-state index >= 15 is 0 Å². The second-order valence-electron chi connectivity index (χ2n) is 4.89. The summed E-state index contributed by atoms with van der Waals surface area (Å²) in [5.74, 6) is 0.699. The number of nitrogens with one attached hydrogen (secondary N) is 1. The number of benzene rings is 1. The monoisotopic (exact) mass is 350 g/mol. The van der Waals surface area contributed by atoms with Crippen LogP contribution in [0.2, 0.25) is 0 Å². The van der Waals surface area contributed by atoms with Crippen molar-refractivity contribution in [1.82, 2.24) is 9.03 Å². The normalized spacial score (nSPS) is 12.5. The van der Waals surface area contributed by atoms with Gasteiger partial charge in [-0.25, -0.2) is 25.9 Å². The Balaban J connectivity index is 2.70. The van der Waals surface area contributed by atoms with Gasteiger partial charge in [-0.1, -0.05) is 18.2 Å². The Morgan fingerprint density at radius 2 is 1.73 bits per heavy atom. The molecule has 0 aliphatic rings. The Kier molecular flexibility index (Phi) is 6.79. The van der Waals surface area contributed by atoms with Crippen LogP contribution < -0.4 is 9.46 Å². The van der Waals surface area contributed by atoms with Gasteiger partial charge >= 0.3 is 0 Å². The molecule has 0 radical (unpaired) electrons. The van der Waals surface area contributed by atoms with Crippen molar-refractivity contribution < 1.29 is 21.6 Å². The van der Waals surface area contributed by atoms with E-state index in [9.17, 15) is 16.8 Å².